The molecule has 0 aliphatic carbocycles. The molecule has 4 nitrogen and oxygen atoms in total. The molecule has 0 saturated heterocycles. The predicted molar refractivity (Wildman–Crippen MR) is 84.9 cm³/mol. The Morgan fingerprint density at radius 3 is 2.67 bits per heavy atom. The minimum Gasteiger partial charge on any atom is -0.398 e. The molecule has 0 aliphatic heterocycles. The van der Waals surface area contributed by atoms with Crippen LogP contribution in [0.1, 0.15) is 35.0 Å². The van der Waals surface area contributed by atoms with Crippen molar-refractivity contribution in [3.63, 3.8) is 0 Å². The average molecular weight is 283 g/mol. The van der Waals surface area contributed by atoms with Gasteiger partial charge in [-0.15, -0.1) is 0 Å². The number of para-hydroxylation sites is 1. The van der Waals surface area contributed by atoms with Crippen molar-refractivity contribution in [2.75, 3.05) is 12.3 Å². The van der Waals surface area contributed by atoms with Gasteiger partial charge in [0.05, 0.1) is 5.56 Å². The van der Waals surface area contributed by atoms with Crippen LogP contribution in [0.15, 0.2) is 42.6 Å². The Bertz CT molecular complexity index is 625. The van der Waals surface area contributed by atoms with Crippen LogP contribution in [0.25, 0.3) is 0 Å². The van der Waals surface area contributed by atoms with Gasteiger partial charge in [0.2, 0.25) is 0 Å². The van der Waals surface area contributed by atoms with E-state index in [4.69, 9.17) is 5.73 Å². The summed E-state index contributed by atoms with van der Waals surface area (Å²) in [5.74, 6) is 0.00528. The third kappa shape index (κ3) is 3.60. The highest BCUT2D eigenvalue weighted by Crippen LogP contribution is 2.16. The number of benzene rings is 1. The van der Waals surface area contributed by atoms with Gasteiger partial charge in [-0.2, -0.15) is 0 Å². The number of nitrogen functional groups attached to an aromatic ring is 1. The third-order valence-corrected chi connectivity index (χ3v) is 3.43. The topological polar surface area (TPSA) is 59.2 Å². The fourth-order valence-corrected chi connectivity index (χ4v) is 2.29. The first-order valence-electron chi connectivity index (χ1n) is 7.17. The van der Waals surface area contributed by atoms with E-state index < -0.39 is 0 Å². The van der Waals surface area contributed by atoms with Crippen molar-refractivity contribution in [1.82, 2.24) is 9.88 Å². The van der Waals surface area contributed by atoms with E-state index in [1.54, 1.807) is 12.3 Å². The second kappa shape index (κ2) is 6.88. The van der Waals surface area contributed by atoms with Crippen molar-refractivity contribution in [3.05, 3.63) is 59.4 Å². The SMILES string of the molecule is CCCN(Cc1ccccc1N)C(=O)c1cccnc1C. The van der Waals surface area contributed by atoms with E-state index in [-0.39, 0.29) is 5.91 Å². The van der Waals surface area contributed by atoms with Crippen LogP contribution in [0.4, 0.5) is 5.69 Å². The van der Waals surface area contributed by atoms with Gasteiger partial charge >= 0.3 is 0 Å². The van der Waals surface area contributed by atoms with Crippen molar-refractivity contribution in [1.29, 1.82) is 0 Å². The van der Waals surface area contributed by atoms with E-state index >= 15 is 0 Å². The highest BCUT2D eigenvalue weighted by atomic mass is 16.2. The molecule has 1 heterocycles. The third-order valence-electron chi connectivity index (χ3n) is 3.43. The smallest absolute Gasteiger partial charge is 0.255 e. The van der Waals surface area contributed by atoms with E-state index in [0.717, 1.165) is 17.7 Å². The maximum absolute atomic E-state index is 12.7. The molecule has 2 rings (SSSR count). The first kappa shape index (κ1) is 15.0. The quantitative estimate of drug-likeness (QED) is 0.858. The summed E-state index contributed by atoms with van der Waals surface area (Å²) in [5, 5.41) is 0. The number of nitrogens with two attached hydrogens (primary N) is 1. The van der Waals surface area contributed by atoms with E-state index in [2.05, 4.69) is 11.9 Å². The minimum absolute atomic E-state index is 0.00528. The summed E-state index contributed by atoms with van der Waals surface area (Å²) < 4.78 is 0. The van der Waals surface area contributed by atoms with Gasteiger partial charge in [-0.1, -0.05) is 25.1 Å². The van der Waals surface area contributed by atoms with Gasteiger partial charge in [0.15, 0.2) is 0 Å². The summed E-state index contributed by atoms with van der Waals surface area (Å²) in [4.78, 5) is 18.7. The molecule has 0 atom stereocenters. The van der Waals surface area contributed by atoms with Crippen LogP contribution in [-0.4, -0.2) is 22.3 Å². The Morgan fingerprint density at radius 1 is 1.24 bits per heavy atom. The Labute approximate surface area is 125 Å². The van der Waals surface area contributed by atoms with Gasteiger partial charge in [0, 0.05) is 30.7 Å². The zero-order valence-corrected chi connectivity index (χ0v) is 12.5. The van der Waals surface area contributed by atoms with Crippen LogP contribution in [-0.2, 0) is 6.54 Å². The number of aromatic nitrogens is 1. The summed E-state index contributed by atoms with van der Waals surface area (Å²) in [6.07, 6.45) is 2.60. The number of carbonyl (C=O) groups is 1. The van der Waals surface area contributed by atoms with Crippen molar-refractivity contribution >= 4 is 11.6 Å². The number of hydrogen-bond donors (Lipinski definition) is 1. The molecule has 2 aromatic rings. The maximum Gasteiger partial charge on any atom is 0.255 e. The van der Waals surface area contributed by atoms with Crippen LogP contribution in [0.5, 0.6) is 0 Å². The van der Waals surface area contributed by atoms with Gasteiger partial charge < -0.3 is 10.6 Å². The van der Waals surface area contributed by atoms with Crippen LogP contribution in [0.2, 0.25) is 0 Å². The van der Waals surface area contributed by atoms with Gasteiger partial charge in [-0.3, -0.25) is 9.78 Å². The Hall–Kier alpha value is -2.36. The van der Waals surface area contributed by atoms with Gasteiger partial charge in [-0.05, 0) is 37.1 Å². The second-order valence-electron chi connectivity index (χ2n) is 5.06. The van der Waals surface area contributed by atoms with E-state index in [1.807, 2.05) is 42.2 Å². The lowest BCUT2D eigenvalue weighted by Crippen LogP contribution is -2.32. The Kier molecular flexibility index (Phi) is 4.93. The number of rotatable bonds is 5. The fourth-order valence-electron chi connectivity index (χ4n) is 2.29. The van der Waals surface area contributed by atoms with Gasteiger partial charge in [-0.25, -0.2) is 0 Å². The number of hydrogen-bond acceptors (Lipinski definition) is 3. The molecule has 1 aromatic carbocycles. The number of carbonyl (C=O) groups excluding carboxylic acids is 1. The summed E-state index contributed by atoms with van der Waals surface area (Å²) in [6.45, 7) is 5.13. The fraction of sp³-hybridized carbons (Fsp3) is 0.294. The molecular formula is C17H21N3O. The standard InChI is InChI=1S/C17H21N3O/c1-3-11-20(12-14-7-4-5-9-16(14)18)17(21)15-8-6-10-19-13(15)2/h4-10H,3,11-12,18H2,1-2H3. The molecule has 110 valence electrons. The van der Waals surface area contributed by atoms with Crippen LogP contribution in [0, 0.1) is 6.92 Å². The first-order chi connectivity index (χ1) is 10.1. The molecule has 0 bridgehead atoms. The second-order valence-corrected chi connectivity index (χ2v) is 5.06. The first-order valence-corrected chi connectivity index (χ1v) is 7.17. The normalized spacial score (nSPS) is 10.4. The monoisotopic (exact) mass is 283 g/mol. The van der Waals surface area contributed by atoms with Crippen LogP contribution >= 0.6 is 0 Å². The zero-order chi connectivity index (χ0) is 15.2. The Morgan fingerprint density at radius 2 is 2.00 bits per heavy atom. The zero-order valence-electron chi connectivity index (χ0n) is 12.5. The predicted octanol–water partition coefficient (Wildman–Crippen LogP) is 3.02. The maximum atomic E-state index is 12.7. The lowest BCUT2D eigenvalue weighted by atomic mass is 10.1. The number of anilines is 1. The highest BCUT2D eigenvalue weighted by molar-refractivity contribution is 5.95. The molecule has 1 aromatic heterocycles. The molecule has 0 aliphatic rings. The number of amides is 1. The number of nitrogens with zero attached hydrogens (tertiary/aromatic N) is 2. The molecule has 0 radical (unpaired) electrons. The number of pyridine rings is 1. The molecule has 0 saturated carbocycles. The minimum atomic E-state index is 0.00528. The number of aryl methyl sites for hydroxylation is 1. The average Bonchev–Trinajstić information content (AvgIpc) is 2.49. The summed E-state index contributed by atoms with van der Waals surface area (Å²) in [6, 6.07) is 11.3. The van der Waals surface area contributed by atoms with Crippen LogP contribution in [0.3, 0.4) is 0 Å². The molecule has 21 heavy (non-hydrogen) atoms. The molecule has 0 fully saturated rings. The molecule has 0 spiro atoms. The molecule has 4 heteroatoms. The van der Waals surface area contributed by atoms with E-state index in [1.165, 1.54) is 0 Å². The molecule has 1 amide bonds. The largest absolute Gasteiger partial charge is 0.398 e. The summed E-state index contributed by atoms with van der Waals surface area (Å²) in [7, 11) is 0. The molecule has 0 unspecified atom stereocenters. The van der Waals surface area contributed by atoms with Crippen molar-refractivity contribution in [2.45, 2.75) is 26.8 Å². The lowest BCUT2D eigenvalue weighted by Gasteiger charge is -2.23. The van der Waals surface area contributed by atoms with Crippen molar-refractivity contribution < 1.29 is 4.79 Å². The summed E-state index contributed by atoms with van der Waals surface area (Å²) in [5.41, 5.74) is 9.08. The lowest BCUT2D eigenvalue weighted by molar-refractivity contribution is 0.0742. The van der Waals surface area contributed by atoms with E-state index in [0.29, 0.717) is 24.3 Å². The molecule has 2 N–H and O–H groups in total. The van der Waals surface area contributed by atoms with Crippen molar-refractivity contribution in [3.8, 4) is 0 Å². The highest BCUT2D eigenvalue weighted by Gasteiger charge is 2.18. The van der Waals surface area contributed by atoms with Crippen molar-refractivity contribution in [2.24, 2.45) is 0 Å². The van der Waals surface area contributed by atoms with Gasteiger partial charge in [0.1, 0.15) is 0 Å². The van der Waals surface area contributed by atoms with Crippen LogP contribution < -0.4 is 5.73 Å². The molecular weight excluding hydrogens is 262 g/mol. The van der Waals surface area contributed by atoms with E-state index in [9.17, 15) is 4.79 Å². The van der Waals surface area contributed by atoms with Gasteiger partial charge in [0.25, 0.3) is 5.91 Å². The Balaban J connectivity index is 2.25. The summed E-state index contributed by atoms with van der Waals surface area (Å²) >= 11 is 0.